The Morgan fingerprint density at radius 3 is 0.912 bits per heavy atom. The number of benzene rings is 6. The van der Waals surface area contributed by atoms with E-state index >= 15 is 0 Å². The Balaban J connectivity index is 0.000000150. The van der Waals surface area contributed by atoms with Gasteiger partial charge < -0.3 is 33.2 Å². The highest BCUT2D eigenvalue weighted by atomic mass is 32.2. The number of sulfone groups is 2. The maximum absolute atomic E-state index is 12.9. The zero-order valence-electron chi connectivity index (χ0n) is 50.6. The standard InChI is InChI=1S/2C22H22N4O4S.C22H22N4O2S/c2*1-13-3-4-15(22(28)25-16-7-8-16)11-18(13)26-12-24-19(21(26)23)20(27)14-5-9-17(10-6-14)31(2,29)30;1-13-3-4-15(22(28)25-16-7-8-16)11-18(13)26-12-24-19(21(26)23)20(27)14-5-9-17(29-2)10-6-14/h2*3-6,9-12,16H,7-8,23H2,1-2H3,(H,25,28);3-6,9-12,16H,7-8,23H2,1-2H3,(H,25,28). The van der Waals surface area contributed by atoms with Gasteiger partial charge in [0.15, 0.2) is 36.8 Å². The molecule has 9 N–H and O–H groups in total. The van der Waals surface area contributed by atoms with Gasteiger partial charge in [-0.1, -0.05) is 18.2 Å². The minimum atomic E-state index is -3.36. The summed E-state index contributed by atoms with van der Waals surface area (Å²) in [6.45, 7) is 5.69. The lowest BCUT2D eigenvalue weighted by molar-refractivity contribution is 0.0942. The number of nitrogens with one attached hydrogen (secondary N) is 3. The first-order valence-corrected chi connectivity index (χ1v) is 33.9. The number of rotatable bonds is 18. The number of imidazole rings is 3. The molecular weight excluding hydrogens is 1220 g/mol. The summed E-state index contributed by atoms with van der Waals surface area (Å²) in [7, 11) is -6.72. The number of carbonyl (C=O) groups excluding carboxylic acids is 6. The van der Waals surface area contributed by atoms with Crippen molar-refractivity contribution >= 4 is 84.0 Å². The predicted molar refractivity (Wildman–Crippen MR) is 347 cm³/mol. The fourth-order valence-corrected chi connectivity index (χ4v) is 11.2. The molecule has 468 valence electrons. The van der Waals surface area contributed by atoms with E-state index in [0.29, 0.717) is 33.6 Å². The first-order valence-electron chi connectivity index (χ1n) is 28.9. The molecule has 0 radical (unpaired) electrons. The largest absolute Gasteiger partial charge is 0.383 e. The topological polar surface area (TPSA) is 338 Å². The van der Waals surface area contributed by atoms with Gasteiger partial charge in [0.1, 0.15) is 36.4 Å². The average molecular weight is 1280 g/mol. The number of nitrogens with two attached hydrogens (primary N) is 3. The van der Waals surface area contributed by atoms with E-state index < -0.39 is 31.2 Å². The first kappa shape index (κ1) is 64.0. The lowest BCUT2D eigenvalue weighted by Gasteiger charge is -2.12. The van der Waals surface area contributed by atoms with Gasteiger partial charge in [-0.2, -0.15) is 0 Å². The van der Waals surface area contributed by atoms with Gasteiger partial charge in [-0.15, -0.1) is 11.8 Å². The van der Waals surface area contributed by atoms with Crippen molar-refractivity contribution in [3.8, 4) is 17.1 Å². The summed E-state index contributed by atoms with van der Waals surface area (Å²) in [6.07, 6.45) is 14.6. The molecule has 6 aromatic carbocycles. The third-order valence-corrected chi connectivity index (χ3v) is 18.4. The number of hydrogen-bond acceptors (Lipinski definition) is 17. The number of aryl methyl sites for hydroxylation is 3. The second-order valence-corrected chi connectivity index (χ2v) is 27.5. The molecule has 0 aliphatic heterocycles. The fraction of sp³-hybridized carbons (Fsp3) is 0.227. The summed E-state index contributed by atoms with van der Waals surface area (Å²) >= 11 is 1.61. The van der Waals surface area contributed by atoms with Crippen molar-refractivity contribution < 1.29 is 45.6 Å². The number of nitrogens with zero attached hydrogens (tertiary/aromatic N) is 6. The third-order valence-electron chi connectivity index (χ3n) is 15.4. The van der Waals surface area contributed by atoms with Crippen molar-refractivity contribution in [2.75, 3.05) is 36.0 Å². The Labute approximate surface area is 529 Å². The summed E-state index contributed by atoms with van der Waals surface area (Å²) in [4.78, 5) is 89.8. The number of amides is 3. The van der Waals surface area contributed by atoms with Crippen molar-refractivity contribution in [3.05, 3.63) is 214 Å². The Hall–Kier alpha value is -9.98. The summed E-state index contributed by atoms with van der Waals surface area (Å²) in [5, 5.41) is 8.89. The third kappa shape index (κ3) is 14.9. The molecule has 0 unspecified atom stereocenters. The number of aromatic nitrogens is 6. The maximum atomic E-state index is 12.9. The molecule has 3 fully saturated rings. The molecule has 3 amide bonds. The number of anilines is 3. The highest BCUT2D eigenvalue weighted by molar-refractivity contribution is 7.98. The van der Waals surface area contributed by atoms with E-state index in [1.165, 1.54) is 67.5 Å². The van der Waals surface area contributed by atoms with Crippen LogP contribution in [-0.2, 0) is 19.7 Å². The molecule has 3 saturated carbocycles. The molecule has 0 bridgehead atoms. The van der Waals surface area contributed by atoms with Crippen molar-refractivity contribution in [2.45, 2.75) is 92.1 Å². The van der Waals surface area contributed by atoms with Crippen LogP contribution in [0.5, 0.6) is 0 Å². The number of hydrogen-bond donors (Lipinski definition) is 6. The SMILES string of the molecule is CSc1ccc(C(=O)c2ncn(-c3cc(C(=O)NC4CC4)ccc3C)c2N)cc1.Cc1ccc(C(=O)NC2CC2)cc1-n1cnc(C(=O)c2ccc(S(C)(=O)=O)cc2)c1N.Cc1ccc(C(=O)NC2CC2)cc1-n1cnc(C(=O)c2ccc(S(C)(=O)=O)cc2)c1N. The second kappa shape index (κ2) is 26.2. The molecule has 22 nitrogen and oxygen atoms in total. The molecule has 0 atom stereocenters. The fourth-order valence-electron chi connectivity index (χ4n) is 9.55. The van der Waals surface area contributed by atoms with E-state index in [0.717, 1.165) is 78.3 Å². The quantitative estimate of drug-likeness (QED) is 0.0348. The smallest absolute Gasteiger partial charge is 0.251 e. The van der Waals surface area contributed by atoms with Crippen molar-refractivity contribution in [1.29, 1.82) is 0 Å². The van der Waals surface area contributed by atoms with Crippen molar-refractivity contribution in [3.63, 3.8) is 0 Å². The first-order chi connectivity index (χ1) is 43.3. The minimum absolute atomic E-state index is 0.0549. The number of nitrogen functional groups attached to an aromatic ring is 3. The Morgan fingerprint density at radius 2 is 0.670 bits per heavy atom. The normalized spacial score (nSPS) is 13.6. The number of ketones is 3. The van der Waals surface area contributed by atoms with Crippen LogP contribution in [0, 0.1) is 20.8 Å². The molecule has 0 spiro atoms. The predicted octanol–water partition coefficient (Wildman–Crippen LogP) is 8.19. The van der Waals surface area contributed by atoms with E-state index in [2.05, 4.69) is 30.9 Å². The molecule has 12 rings (SSSR count). The van der Waals surface area contributed by atoms with Gasteiger partial charge in [-0.05, 0) is 191 Å². The summed E-state index contributed by atoms with van der Waals surface area (Å²) in [5.74, 6) is -0.929. The van der Waals surface area contributed by atoms with Crippen LogP contribution in [0.2, 0.25) is 0 Å². The number of thioether (sulfide) groups is 1. The van der Waals surface area contributed by atoms with Gasteiger partial charge in [0, 0.05) is 68.9 Å². The highest BCUT2D eigenvalue weighted by Gasteiger charge is 2.29. The zero-order valence-corrected chi connectivity index (χ0v) is 53.0. The summed E-state index contributed by atoms with van der Waals surface area (Å²) < 4.78 is 51.3. The molecule has 9 aromatic rings. The summed E-state index contributed by atoms with van der Waals surface area (Å²) in [5.41, 5.74) is 26.4. The average Bonchev–Trinajstić information content (AvgIpc) is 1.78. The monoisotopic (exact) mass is 1280 g/mol. The van der Waals surface area contributed by atoms with Gasteiger partial charge in [-0.3, -0.25) is 42.5 Å². The Bertz CT molecular complexity index is 4380. The zero-order chi connectivity index (χ0) is 65.2. The van der Waals surface area contributed by atoms with Crippen molar-refractivity contribution in [1.82, 2.24) is 44.6 Å². The van der Waals surface area contributed by atoms with E-state index in [-0.39, 0.29) is 97.1 Å². The molecule has 91 heavy (non-hydrogen) atoms. The van der Waals surface area contributed by atoms with Crippen LogP contribution in [0.15, 0.2) is 161 Å². The molecular formula is C66H66N12O10S3. The van der Waals surface area contributed by atoms with Gasteiger partial charge in [0.25, 0.3) is 17.7 Å². The van der Waals surface area contributed by atoms with Crippen LogP contribution in [0.25, 0.3) is 17.1 Å². The molecule has 3 heterocycles. The lowest BCUT2D eigenvalue weighted by Crippen LogP contribution is -2.25. The van der Waals surface area contributed by atoms with Crippen LogP contribution >= 0.6 is 11.8 Å². The highest BCUT2D eigenvalue weighted by Crippen LogP contribution is 2.30. The van der Waals surface area contributed by atoms with Crippen LogP contribution < -0.4 is 33.2 Å². The van der Waals surface area contributed by atoms with Crippen LogP contribution in [0.1, 0.15) is 134 Å². The molecule has 3 aliphatic rings. The van der Waals surface area contributed by atoms with Gasteiger partial charge >= 0.3 is 0 Å². The number of carbonyl (C=O) groups is 6. The Morgan fingerprint density at radius 1 is 0.418 bits per heavy atom. The summed E-state index contributed by atoms with van der Waals surface area (Å²) in [6, 6.07) is 35.4. The van der Waals surface area contributed by atoms with E-state index in [1.54, 1.807) is 74.0 Å². The van der Waals surface area contributed by atoms with E-state index in [1.807, 2.05) is 57.4 Å². The van der Waals surface area contributed by atoms with Crippen LogP contribution in [-0.4, -0.2) is 117 Å². The van der Waals surface area contributed by atoms with Gasteiger partial charge in [0.2, 0.25) is 17.3 Å². The van der Waals surface area contributed by atoms with E-state index in [9.17, 15) is 45.6 Å². The van der Waals surface area contributed by atoms with Gasteiger partial charge in [0.05, 0.1) is 26.9 Å². The van der Waals surface area contributed by atoms with Crippen molar-refractivity contribution in [2.24, 2.45) is 0 Å². The van der Waals surface area contributed by atoms with E-state index in [4.69, 9.17) is 17.2 Å². The molecule has 25 heteroatoms. The van der Waals surface area contributed by atoms with Crippen LogP contribution in [0.4, 0.5) is 17.5 Å². The van der Waals surface area contributed by atoms with Crippen LogP contribution in [0.3, 0.4) is 0 Å². The molecule has 0 saturated heterocycles. The molecule has 3 aliphatic carbocycles. The lowest BCUT2D eigenvalue weighted by atomic mass is 10.1. The maximum Gasteiger partial charge on any atom is 0.251 e. The minimum Gasteiger partial charge on any atom is -0.383 e. The second-order valence-electron chi connectivity index (χ2n) is 22.6. The Kier molecular flexibility index (Phi) is 18.5. The molecule has 3 aromatic heterocycles. The van der Waals surface area contributed by atoms with Gasteiger partial charge in [-0.25, -0.2) is 31.8 Å².